The molecule has 0 bridgehead atoms. The van der Waals surface area contributed by atoms with E-state index in [-0.39, 0.29) is 35.1 Å². The van der Waals surface area contributed by atoms with Crippen LogP contribution in [0.15, 0.2) is 18.2 Å². The molecule has 1 atom stereocenters. The molecule has 1 heterocycles. The SMILES string of the molecule is COc1cc(NC(=O)C(C)Cn2nc(C)c([N+](=O)[O-])c2C)cc([N+](=O)[O-])c1. The molecular formula is C16H19N5O6. The van der Waals surface area contributed by atoms with Crippen molar-refractivity contribution in [2.45, 2.75) is 27.3 Å². The molecule has 1 aromatic carbocycles. The van der Waals surface area contributed by atoms with Gasteiger partial charge in [-0.1, -0.05) is 6.92 Å². The minimum absolute atomic E-state index is 0.0778. The van der Waals surface area contributed by atoms with E-state index in [0.717, 1.165) is 0 Å². The highest BCUT2D eigenvalue weighted by molar-refractivity contribution is 5.92. The van der Waals surface area contributed by atoms with Gasteiger partial charge >= 0.3 is 5.69 Å². The van der Waals surface area contributed by atoms with E-state index in [4.69, 9.17) is 4.74 Å². The molecule has 0 saturated heterocycles. The highest BCUT2D eigenvalue weighted by Gasteiger charge is 2.24. The Labute approximate surface area is 154 Å². The number of nitro benzene ring substituents is 1. The zero-order chi connectivity index (χ0) is 20.3. The quantitative estimate of drug-likeness (QED) is 0.577. The number of amides is 1. The zero-order valence-corrected chi connectivity index (χ0v) is 15.3. The summed E-state index contributed by atoms with van der Waals surface area (Å²) >= 11 is 0. The van der Waals surface area contributed by atoms with Crippen LogP contribution in [0.25, 0.3) is 0 Å². The summed E-state index contributed by atoms with van der Waals surface area (Å²) in [7, 11) is 1.36. The summed E-state index contributed by atoms with van der Waals surface area (Å²) in [4.78, 5) is 33.4. The van der Waals surface area contributed by atoms with Crippen LogP contribution in [0.5, 0.6) is 5.75 Å². The van der Waals surface area contributed by atoms with Crippen LogP contribution >= 0.6 is 0 Å². The standard InChI is InChI=1S/C16H19N5O6/c1-9(8-19-11(3)15(21(25)26)10(2)18-19)16(22)17-12-5-13(20(23)24)7-14(6-12)27-4/h5-7,9H,8H2,1-4H3,(H,17,22). The molecule has 1 N–H and O–H groups in total. The summed E-state index contributed by atoms with van der Waals surface area (Å²) in [6.45, 7) is 4.85. The fourth-order valence-corrected chi connectivity index (χ4v) is 2.62. The van der Waals surface area contributed by atoms with E-state index in [1.807, 2.05) is 0 Å². The van der Waals surface area contributed by atoms with Gasteiger partial charge in [0.15, 0.2) is 0 Å². The van der Waals surface area contributed by atoms with Gasteiger partial charge in [-0.25, -0.2) is 0 Å². The number of hydrogen-bond acceptors (Lipinski definition) is 7. The number of aryl methyl sites for hydroxylation is 1. The lowest BCUT2D eigenvalue weighted by Gasteiger charge is -2.13. The minimum atomic E-state index is -0.590. The van der Waals surface area contributed by atoms with Crippen molar-refractivity contribution in [3.63, 3.8) is 0 Å². The summed E-state index contributed by atoms with van der Waals surface area (Å²) < 4.78 is 6.41. The molecule has 11 heteroatoms. The maximum Gasteiger partial charge on any atom is 0.312 e. The lowest BCUT2D eigenvalue weighted by Crippen LogP contribution is -2.25. The normalized spacial score (nSPS) is 11.7. The number of aromatic nitrogens is 2. The third-order valence-electron chi connectivity index (χ3n) is 4.03. The van der Waals surface area contributed by atoms with E-state index < -0.39 is 21.7 Å². The van der Waals surface area contributed by atoms with Gasteiger partial charge in [0.2, 0.25) is 5.91 Å². The first-order valence-corrected chi connectivity index (χ1v) is 7.96. The predicted octanol–water partition coefficient (Wildman–Crippen LogP) is 2.60. The molecule has 1 amide bonds. The van der Waals surface area contributed by atoms with Gasteiger partial charge < -0.3 is 10.1 Å². The molecule has 144 valence electrons. The zero-order valence-electron chi connectivity index (χ0n) is 15.3. The van der Waals surface area contributed by atoms with E-state index >= 15 is 0 Å². The second-order valence-electron chi connectivity index (χ2n) is 6.03. The van der Waals surface area contributed by atoms with Crippen molar-refractivity contribution in [1.82, 2.24) is 9.78 Å². The number of non-ortho nitro benzene ring substituents is 1. The predicted molar refractivity (Wildman–Crippen MR) is 95.8 cm³/mol. The largest absolute Gasteiger partial charge is 0.496 e. The Morgan fingerprint density at radius 2 is 1.93 bits per heavy atom. The molecule has 2 aromatic rings. The number of carbonyl (C=O) groups is 1. The van der Waals surface area contributed by atoms with Crippen LogP contribution in [0.1, 0.15) is 18.3 Å². The van der Waals surface area contributed by atoms with E-state index in [0.29, 0.717) is 5.69 Å². The van der Waals surface area contributed by atoms with E-state index in [1.165, 1.54) is 36.9 Å². The van der Waals surface area contributed by atoms with Gasteiger partial charge in [-0.2, -0.15) is 5.10 Å². The van der Waals surface area contributed by atoms with Crippen molar-refractivity contribution in [3.8, 4) is 5.75 Å². The number of anilines is 1. The van der Waals surface area contributed by atoms with Crippen LogP contribution in [-0.2, 0) is 11.3 Å². The molecule has 0 spiro atoms. The molecule has 0 radical (unpaired) electrons. The van der Waals surface area contributed by atoms with Crippen LogP contribution in [0.4, 0.5) is 17.1 Å². The molecule has 11 nitrogen and oxygen atoms in total. The van der Waals surface area contributed by atoms with Crippen LogP contribution in [-0.4, -0.2) is 32.6 Å². The molecule has 0 saturated carbocycles. The Morgan fingerprint density at radius 3 is 2.44 bits per heavy atom. The summed E-state index contributed by atoms with van der Waals surface area (Å²) in [6.07, 6.45) is 0. The lowest BCUT2D eigenvalue weighted by atomic mass is 10.1. The summed E-state index contributed by atoms with van der Waals surface area (Å²) in [6, 6.07) is 3.93. The Hall–Kier alpha value is -3.50. The molecular weight excluding hydrogens is 358 g/mol. The second-order valence-corrected chi connectivity index (χ2v) is 6.03. The molecule has 27 heavy (non-hydrogen) atoms. The fourth-order valence-electron chi connectivity index (χ4n) is 2.62. The number of nitrogens with zero attached hydrogens (tertiary/aromatic N) is 4. The summed E-state index contributed by atoms with van der Waals surface area (Å²) in [5, 5.41) is 28.8. The summed E-state index contributed by atoms with van der Waals surface area (Å²) in [5.41, 5.74) is 0.553. The third kappa shape index (κ3) is 4.37. The average Bonchev–Trinajstić information content (AvgIpc) is 2.87. The number of methoxy groups -OCH3 is 1. The van der Waals surface area contributed by atoms with Crippen molar-refractivity contribution in [1.29, 1.82) is 0 Å². The molecule has 0 aliphatic carbocycles. The molecule has 0 aliphatic heterocycles. The highest BCUT2D eigenvalue weighted by atomic mass is 16.6. The maximum atomic E-state index is 12.4. The van der Waals surface area contributed by atoms with Gasteiger partial charge in [-0.05, 0) is 13.8 Å². The van der Waals surface area contributed by atoms with E-state index in [2.05, 4.69) is 10.4 Å². The van der Waals surface area contributed by atoms with Gasteiger partial charge in [-0.3, -0.25) is 29.7 Å². The Bertz CT molecular complexity index is 907. The van der Waals surface area contributed by atoms with Gasteiger partial charge in [-0.15, -0.1) is 0 Å². The first-order chi connectivity index (χ1) is 12.6. The van der Waals surface area contributed by atoms with Crippen LogP contribution in [0.3, 0.4) is 0 Å². The topological polar surface area (TPSA) is 142 Å². The molecule has 2 rings (SSSR count). The van der Waals surface area contributed by atoms with Crippen molar-refractivity contribution in [2.24, 2.45) is 5.92 Å². The number of nitro groups is 2. The second kappa shape index (κ2) is 7.81. The average molecular weight is 377 g/mol. The number of benzene rings is 1. The molecule has 1 unspecified atom stereocenters. The Balaban J connectivity index is 2.17. The number of carbonyl (C=O) groups excluding carboxylic acids is 1. The first-order valence-electron chi connectivity index (χ1n) is 7.96. The van der Waals surface area contributed by atoms with Gasteiger partial charge in [0.05, 0.1) is 41.2 Å². The van der Waals surface area contributed by atoms with Crippen molar-refractivity contribution >= 4 is 23.0 Å². The number of rotatable bonds is 7. The van der Waals surface area contributed by atoms with Gasteiger partial charge in [0.25, 0.3) is 5.69 Å². The van der Waals surface area contributed by atoms with Crippen molar-refractivity contribution in [3.05, 3.63) is 49.8 Å². The number of hydrogen-bond donors (Lipinski definition) is 1. The van der Waals surface area contributed by atoms with Crippen LogP contribution in [0.2, 0.25) is 0 Å². The monoisotopic (exact) mass is 377 g/mol. The van der Waals surface area contributed by atoms with Gasteiger partial charge in [0, 0.05) is 12.1 Å². The van der Waals surface area contributed by atoms with Crippen molar-refractivity contribution < 1.29 is 19.4 Å². The fraction of sp³-hybridized carbons (Fsp3) is 0.375. The van der Waals surface area contributed by atoms with E-state index in [1.54, 1.807) is 13.8 Å². The minimum Gasteiger partial charge on any atom is -0.496 e. The summed E-state index contributed by atoms with van der Waals surface area (Å²) in [5.74, 6) is -0.762. The number of nitrogens with one attached hydrogen (secondary N) is 1. The van der Waals surface area contributed by atoms with Crippen molar-refractivity contribution in [2.75, 3.05) is 12.4 Å². The van der Waals surface area contributed by atoms with Crippen LogP contribution in [0, 0.1) is 40.0 Å². The maximum absolute atomic E-state index is 12.4. The number of ether oxygens (including phenoxy) is 1. The van der Waals surface area contributed by atoms with E-state index in [9.17, 15) is 25.0 Å². The first kappa shape index (κ1) is 19.8. The van der Waals surface area contributed by atoms with Crippen LogP contribution < -0.4 is 10.1 Å². The molecule has 1 aromatic heterocycles. The molecule has 0 fully saturated rings. The molecule has 0 aliphatic rings. The lowest BCUT2D eigenvalue weighted by molar-refractivity contribution is -0.386. The van der Waals surface area contributed by atoms with Gasteiger partial charge in [0.1, 0.15) is 17.1 Å². The third-order valence-corrected chi connectivity index (χ3v) is 4.03. The highest BCUT2D eigenvalue weighted by Crippen LogP contribution is 2.27. The smallest absolute Gasteiger partial charge is 0.312 e. The Kier molecular flexibility index (Phi) is 5.73. The Morgan fingerprint density at radius 1 is 1.26 bits per heavy atom.